The van der Waals surface area contributed by atoms with Crippen molar-refractivity contribution in [3.05, 3.63) is 64.7 Å². The number of nitrogens with zero attached hydrogens (tertiary/aromatic N) is 2. The van der Waals surface area contributed by atoms with Crippen LogP contribution in [0.5, 0.6) is 0 Å². The number of nitriles is 1. The largest absolute Gasteiger partial charge is 0.368 e. The predicted molar refractivity (Wildman–Crippen MR) is 89.0 cm³/mol. The van der Waals surface area contributed by atoms with E-state index in [9.17, 15) is 9.59 Å². The van der Waals surface area contributed by atoms with Crippen LogP contribution in [0.2, 0.25) is 0 Å². The van der Waals surface area contributed by atoms with Crippen molar-refractivity contribution in [3.8, 4) is 6.07 Å². The number of nitrogens with two attached hydrogens (primary N) is 2. The molecule has 1 aliphatic heterocycles. The lowest BCUT2D eigenvalue weighted by Gasteiger charge is -2.15. The quantitative estimate of drug-likeness (QED) is 0.877. The van der Waals surface area contributed by atoms with Crippen molar-refractivity contribution in [2.75, 3.05) is 4.90 Å². The molecule has 0 aliphatic carbocycles. The number of amides is 2. The smallest absolute Gasteiger partial charge is 0.258 e. The Labute approximate surface area is 139 Å². The third-order valence-electron chi connectivity index (χ3n) is 4.10. The van der Waals surface area contributed by atoms with Gasteiger partial charge in [0, 0.05) is 11.3 Å². The number of primary amides is 1. The number of anilines is 1. The maximum absolute atomic E-state index is 12.6. The Morgan fingerprint density at radius 1 is 1.25 bits per heavy atom. The number of carbonyl (C=O) groups excluding carboxylic acids is 2. The van der Waals surface area contributed by atoms with E-state index in [4.69, 9.17) is 16.7 Å². The lowest BCUT2D eigenvalue weighted by Crippen LogP contribution is -2.38. The van der Waals surface area contributed by atoms with E-state index in [1.165, 1.54) is 0 Å². The molecule has 4 N–H and O–H groups in total. The first-order valence-electron chi connectivity index (χ1n) is 7.48. The Balaban J connectivity index is 1.84. The van der Waals surface area contributed by atoms with Crippen molar-refractivity contribution < 1.29 is 9.59 Å². The van der Waals surface area contributed by atoms with Gasteiger partial charge in [0.25, 0.3) is 5.91 Å². The average molecular weight is 320 g/mol. The Kier molecular flexibility index (Phi) is 4.02. The average Bonchev–Trinajstić information content (AvgIpc) is 2.91. The van der Waals surface area contributed by atoms with Gasteiger partial charge < -0.3 is 16.4 Å². The van der Waals surface area contributed by atoms with E-state index in [2.05, 4.69) is 6.07 Å². The second-order valence-corrected chi connectivity index (χ2v) is 5.75. The Bertz CT molecular complexity index is 852. The Hall–Kier alpha value is -3.17. The number of hydrogen-bond acceptors (Lipinski definition) is 4. The van der Waals surface area contributed by atoms with Crippen LogP contribution in [0.25, 0.3) is 0 Å². The molecule has 0 unspecified atom stereocenters. The van der Waals surface area contributed by atoms with Gasteiger partial charge in [-0.1, -0.05) is 12.1 Å². The molecule has 1 heterocycles. The van der Waals surface area contributed by atoms with Crippen LogP contribution in [0, 0.1) is 11.3 Å². The third kappa shape index (κ3) is 2.85. The second kappa shape index (κ2) is 6.14. The zero-order chi connectivity index (χ0) is 17.3. The molecular formula is C18H16N4O2. The molecule has 0 radical (unpaired) electrons. The summed E-state index contributed by atoms with van der Waals surface area (Å²) in [6, 6.07) is 13.6. The molecule has 2 amide bonds. The van der Waals surface area contributed by atoms with Gasteiger partial charge in [0.05, 0.1) is 24.2 Å². The minimum atomic E-state index is -0.741. The van der Waals surface area contributed by atoms with Gasteiger partial charge in [0.2, 0.25) is 5.91 Å². The number of fused-ring (bicyclic) bond motifs is 1. The first-order valence-corrected chi connectivity index (χ1v) is 7.48. The molecule has 2 aromatic carbocycles. The minimum Gasteiger partial charge on any atom is -0.368 e. The van der Waals surface area contributed by atoms with Crippen molar-refractivity contribution in [3.63, 3.8) is 0 Å². The van der Waals surface area contributed by atoms with Gasteiger partial charge in [-0.05, 0) is 47.9 Å². The molecular weight excluding hydrogens is 304 g/mol. The van der Waals surface area contributed by atoms with Gasteiger partial charge in [-0.2, -0.15) is 5.26 Å². The number of rotatable bonds is 4. The second-order valence-electron chi connectivity index (χ2n) is 5.75. The fourth-order valence-corrected chi connectivity index (χ4v) is 2.78. The lowest BCUT2D eigenvalue weighted by molar-refractivity contribution is -0.119. The van der Waals surface area contributed by atoms with E-state index in [-0.39, 0.29) is 5.91 Å². The highest BCUT2D eigenvalue weighted by molar-refractivity contribution is 6.10. The molecule has 1 atom stereocenters. The van der Waals surface area contributed by atoms with Crippen molar-refractivity contribution in [2.45, 2.75) is 19.0 Å². The summed E-state index contributed by atoms with van der Waals surface area (Å²) in [5.74, 6) is -0.633. The van der Waals surface area contributed by atoms with Gasteiger partial charge in [0.15, 0.2) is 0 Å². The number of hydrogen-bond donors (Lipinski definition) is 2. The van der Waals surface area contributed by atoms with Crippen LogP contribution in [-0.2, 0) is 17.8 Å². The summed E-state index contributed by atoms with van der Waals surface area (Å²) in [6.07, 6.45) is 0.341. The minimum absolute atomic E-state index is 0.0829. The van der Waals surface area contributed by atoms with E-state index in [1.54, 1.807) is 41.3 Å². The number of benzene rings is 2. The van der Waals surface area contributed by atoms with Gasteiger partial charge in [-0.25, -0.2) is 0 Å². The van der Waals surface area contributed by atoms with Crippen molar-refractivity contribution in [1.82, 2.24) is 0 Å². The topological polar surface area (TPSA) is 113 Å². The summed E-state index contributed by atoms with van der Waals surface area (Å²) in [5.41, 5.74) is 14.6. The van der Waals surface area contributed by atoms with Crippen LogP contribution >= 0.6 is 0 Å². The van der Waals surface area contributed by atoms with E-state index in [0.717, 1.165) is 16.8 Å². The Morgan fingerprint density at radius 2 is 1.96 bits per heavy atom. The van der Waals surface area contributed by atoms with E-state index in [1.807, 2.05) is 6.07 Å². The highest BCUT2D eigenvalue weighted by Gasteiger charge is 2.28. The summed E-state index contributed by atoms with van der Waals surface area (Å²) in [4.78, 5) is 25.3. The van der Waals surface area contributed by atoms with E-state index < -0.39 is 11.9 Å². The molecule has 24 heavy (non-hydrogen) atoms. The van der Waals surface area contributed by atoms with E-state index in [0.29, 0.717) is 24.1 Å². The van der Waals surface area contributed by atoms with Gasteiger partial charge in [0.1, 0.15) is 0 Å². The maximum Gasteiger partial charge on any atom is 0.258 e. The van der Waals surface area contributed by atoms with E-state index >= 15 is 0 Å². The molecule has 0 spiro atoms. The first kappa shape index (κ1) is 15.7. The molecule has 1 aliphatic rings. The highest BCUT2D eigenvalue weighted by atomic mass is 16.2. The maximum atomic E-state index is 12.6. The summed E-state index contributed by atoms with van der Waals surface area (Å²) in [6.45, 7) is 0.444. The molecule has 0 aromatic heterocycles. The Morgan fingerprint density at radius 3 is 2.58 bits per heavy atom. The van der Waals surface area contributed by atoms with Crippen molar-refractivity contribution >= 4 is 17.5 Å². The van der Waals surface area contributed by atoms with Crippen LogP contribution in [0.3, 0.4) is 0 Å². The summed E-state index contributed by atoms with van der Waals surface area (Å²) >= 11 is 0. The van der Waals surface area contributed by atoms with Crippen LogP contribution in [0.4, 0.5) is 5.69 Å². The zero-order valence-corrected chi connectivity index (χ0v) is 12.9. The highest BCUT2D eigenvalue weighted by Crippen LogP contribution is 2.29. The molecule has 6 nitrogen and oxygen atoms in total. The van der Waals surface area contributed by atoms with Crippen LogP contribution in [0.1, 0.15) is 27.0 Å². The normalized spacial score (nSPS) is 14.2. The molecule has 2 aromatic rings. The standard InChI is InChI=1S/C18H16N4O2/c19-9-11-1-4-14(5-2-11)22-10-13-7-12(8-16(20)17(21)23)3-6-15(13)18(22)24/h1-7,16H,8,10,20H2,(H2,21,23)/t16-/m0/s1. The van der Waals surface area contributed by atoms with Crippen LogP contribution in [-0.4, -0.2) is 17.9 Å². The predicted octanol–water partition coefficient (Wildman–Crippen LogP) is 1.07. The fourth-order valence-electron chi connectivity index (χ4n) is 2.78. The van der Waals surface area contributed by atoms with Gasteiger partial charge in [-0.3, -0.25) is 9.59 Å². The van der Waals surface area contributed by atoms with Crippen LogP contribution in [0.15, 0.2) is 42.5 Å². The SMILES string of the molecule is N#Cc1ccc(N2Cc3cc(C[C@H](N)C(N)=O)ccc3C2=O)cc1. The molecule has 0 saturated carbocycles. The molecule has 120 valence electrons. The fraction of sp³-hybridized carbons (Fsp3) is 0.167. The summed E-state index contributed by atoms with van der Waals surface area (Å²) in [7, 11) is 0. The monoisotopic (exact) mass is 320 g/mol. The molecule has 6 heteroatoms. The van der Waals surface area contributed by atoms with Crippen LogP contribution < -0.4 is 16.4 Å². The third-order valence-corrected chi connectivity index (χ3v) is 4.10. The summed E-state index contributed by atoms with van der Waals surface area (Å²) < 4.78 is 0. The van der Waals surface area contributed by atoms with Gasteiger partial charge in [-0.15, -0.1) is 0 Å². The zero-order valence-electron chi connectivity index (χ0n) is 12.9. The first-order chi connectivity index (χ1) is 11.5. The van der Waals surface area contributed by atoms with Crippen molar-refractivity contribution in [1.29, 1.82) is 5.26 Å². The molecule has 0 bridgehead atoms. The number of carbonyl (C=O) groups is 2. The molecule has 0 fully saturated rings. The summed E-state index contributed by atoms with van der Waals surface area (Å²) in [5, 5.41) is 8.86. The molecule has 3 rings (SSSR count). The van der Waals surface area contributed by atoms with Crippen molar-refractivity contribution in [2.24, 2.45) is 11.5 Å². The van der Waals surface area contributed by atoms with Gasteiger partial charge >= 0.3 is 0 Å². The lowest BCUT2D eigenvalue weighted by atomic mass is 10.0. The molecule has 0 saturated heterocycles.